The lowest BCUT2D eigenvalue weighted by Gasteiger charge is -2.19. The van der Waals surface area contributed by atoms with E-state index in [1.54, 1.807) is 25.2 Å². The summed E-state index contributed by atoms with van der Waals surface area (Å²) in [7, 11) is 1.75. The molecule has 0 aliphatic rings. The van der Waals surface area contributed by atoms with Gasteiger partial charge in [-0.1, -0.05) is 35.3 Å². The molecular formula is C15H12BrCl2F2N. The van der Waals surface area contributed by atoms with Crippen LogP contribution in [0.4, 0.5) is 8.78 Å². The quantitative estimate of drug-likeness (QED) is 0.671. The lowest BCUT2D eigenvalue weighted by Crippen LogP contribution is -2.20. The number of benzene rings is 2. The first kappa shape index (κ1) is 16.7. The second kappa shape index (κ2) is 7.05. The summed E-state index contributed by atoms with van der Waals surface area (Å²) in [6.45, 7) is 0. The summed E-state index contributed by atoms with van der Waals surface area (Å²) in [5.74, 6) is -1.78. The van der Waals surface area contributed by atoms with Gasteiger partial charge in [0, 0.05) is 16.1 Å². The number of hydrogen-bond acceptors (Lipinski definition) is 1. The minimum absolute atomic E-state index is 0.118. The molecule has 0 fully saturated rings. The SMILES string of the molecule is CNC(Cc1ccc(Cl)cc1Cl)c1ccc(F)c(F)c1Br. The molecule has 112 valence electrons. The summed E-state index contributed by atoms with van der Waals surface area (Å²) >= 11 is 15.1. The van der Waals surface area contributed by atoms with Crippen LogP contribution in [0.3, 0.4) is 0 Å². The first-order chi connectivity index (χ1) is 9.93. The smallest absolute Gasteiger partial charge is 0.173 e. The van der Waals surface area contributed by atoms with E-state index >= 15 is 0 Å². The largest absolute Gasteiger partial charge is 0.313 e. The predicted octanol–water partition coefficient (Wildman–Crippen LogP) is 5.54. The molecule has 2 aromatic rings. The molecule has 0 heterocycles. The molecule has 1 nitrogen and oxygen atoms in total. The minimum Gasteiger partial charge on any atom is -0.313 e. The molecule has 0 aliphatic heterocycles. The van der Waals surface area contributed by atoms with Crippen LogP contribution in [0.5, 0.6) is 0 Å². The van der Waals surface area contributed by atoms with E-state index < -0.39 is 11.6 Å². The molecule has 2 aromatic carbocycles. The van der Waals surface area contributed by atoms with Crippen LogP contribution in [-0.2, 0) is 6.42 Å². The summed E-state index contributed by atoms with van der Waals surface area (Å²) < 4.78 is 27.0. The number of halogens is 5. The Balaban J connectivity index is 2.34. The molecule has 0 aliphatic carbocycles. The Labute approximate surface area is 140 Å². The van der Waals surface area contributed by atoms with Crippen LogP contribution in [0, 0.1) is 11.6 Å². The molecule has 1 atom stereocenters. The topological polar surface area (TPSA) is 12.0 Å². The molecule has 0 amide bonds. The molecule has 1 unspecified atom stereocenters. The second-order valence-corrected chi connectivity index (χ2v) is 6.18. The maximum absolute atomic E-state index is 13.7. The monoisotopic (exact) mass is 393 g/mol. The fraction of sp³-hybridized carbons (Fsp3) is 0.200. The Kier molecular flexibility index (Phi) is 5.60. The first-order valence-corrected chi connectivity index (χ1v) is 7.73. The van der Waals surface area contributed by atoms with Gasteiger partial charge in [-0.05, 0) is 58.7 Å². The van der Waals surface area contributed by atoms with E-state index in [-0.39, 0.29) is 10.5 Å². The highest BCUT2D eigenvalue weighted by molar-refractivity contribution is 9.10. The van der Waals surface area contributed by atoms with Gasteiger partial charge in [0.2, 0.25) is 0 Å². The van der Waals surface area contributed by atoms with Gasteiger partial charge in [-0.3, -0.25) is 0 Å². The fourth-order valence-corrected chi connectivity index (χ4v) is 3.17. The second-order valence-electron chi connectivity index (χ2n) is 4.55. The molecule has 0 radical (unpaired) electrons. The number of rotatable bonds is 4. The van der Waals surface area contributed by atoms with Crippen molar-refractivity contribution in [3.8, 4) is 0 Å². The first-order valence-electron chi connectivity index (χ1n) is 6.18. The van der Waals surface area contributed by atoms with Crippen LogP contribution in [0.1, 0.15) is 17.2 Å². The Morgan fingerprint density at radius 3 is 2.52 bits per heavy atom. The van der Waals surface area contributed by atoms with E-state index in [9.17, 15) is 8.78 Å². The van der Waals surface area contributed by atoms with Crippen LogP contribution < -0.4 is 5.32 Å². The zero-order valence-electron chi connectivity index (χ0n) is 11.1. The van der Waals surface area contributed by atoms with E-state index in [0.717, 1.165) is 11.6 Å². The molecule has 2 rings (SSSR count). The Morgan fingerprint density at radius 2 is 1.90 bits per heavy atom. The van der Waals surface area contributed by atoms with Gasteiger partial charge in [0.05, 0.1) is 4.47 Å². The van der Waals surface area contributed by atoms with Gasteiger partial charge in [-0.15, -0.1) is 0 Å². The Hall–Kier alpha value is -0.680. The summed E-state index contributed by atoms with van der Waals surface area (Å²) in [5.41, 5.74) is 1.50. The number of nitrogens with one attached hydrogen (secondary N) is 1. The lowest BCUT2D eigenvalue weighted by molar-refractivity contribution is 0.495. The third-order valence-electron chi connectivity index (χ3n) is 3.23. The Morgan fingerprint density at radius 1 is 1.19 bits per heavy atom. The molecule has 21 heavy (non-hydrogen) atoms. The Bertz CT molecular complexity index is 664. The summed E-state index contributed by atoms with van der Waals surface area (Å²) in [4.78, 5) is 0. The maximum atomic E-state index is 13.7. The van der Waals surface area contributed by atoms with Crippen molar-refractivity contribution < 1.29 is 8.78 Å². The molecule has 1 N–H and O–H groups in total. The maximum Gasteiger partial charge on any atom is 0.173 e. The van der Waals surface area contributed by atoms with Crippen LogP contribution >= 0.6 is 39.1 Å². The number of likely N-dealkylation sites (N-methyl/N-ethyl adjacent to an activating group) is 1. The molecule has 0 spiro atoms. The summed E-state index contributed by atoms with van der Waals surface area (Å²) in [6, 6.07) is 7.67. The van der Waals surface area contributed by atoms with Gasteiger partial charge in [-0.2, -0.15) is 0 Å². The van der Waals surface area contributed by atoms with Gasteiger partial charge in [-0.25, -0.2) is 8.78 Å². The van der Waals surface area contributed by atoms with E-state index in [2.05, 4.69) is 21.2 Å². The molecule has 0 saturated heterocycles. The molecule has 6 heteroatoms. The van der Waals surface area contributed by atoms with Gasteiger partial charge < -0.3 is 5.32 Å². The van der Waals surface area contributed by atoms with Crippen LogP contribution in [0.15, 0.2) is 34.8 Å². The third kappa shape index (κ3) is 3.75. The highest BCUT2D eigenvalue weighted by atomic mass is 79.9. The van der Waals surface area contributed by atoms with Crippen molar-refractivity contribution in [1.29, 1.82) is 0 Å². The third-order valence-corrected chi connectivity index (χ3v) is 4.62. The molecular weight excluding hydrogens is 383 g/mol. The average molecular weight is 395 g/mol. The van der Waals surface area contributed by atoms with Gasteiger partial charge in [0.1, 0.15) is 0 Å². The van der Waals surface area contributed by atoms with E-state index in [4.69, 9.17) is 23.2 Å². The van der Waals surface area contributed by atoms with Crippen molar-refractivity contribution in [2.45, 2.75) is 12.5 Å². The van der Waals surface area contributed by atoms with Gasteiger partial charge in [0.25, 0.3) is 0 Å². The van der Waals surface area contributed by atoms with E-state index in [1.165, 1.54) is 0 Å². The van der Waals surface area contributed by atoms with Crippen molar-refractivity contribution in [2.75, 3.05) is 7.05 Å². The normalized spacial score (nSPS) is 12.5. The molecule has 0 saturated carbocycles. The van der Waals surface area contributed by atoms with Crippen molar-refractivity contribution in [2.24, 2.45) is 0 Å². The molecule has 0 aromatic heterocycles. The van der Waals surface area contributed by atoms with Crippen molar-refractivity contribution in [1.82, 2.24) is 5.32 Å². The molecule has 0 bridgehead atoms. The van der Waals surface area contributed by atoms with Crippen LogP contribution in [-0.4, -0.2) is 7.05 Å². The van der Waals surface area contributed by atoms with Gasteiger partial charge in [0.15, 0.2) is 11.6 Å². The van der Waals surface area contributed by atoms with Crippen LogP contribution in [0.2, 0.25) is 10.0 Å². The van der Waals surface area contributed by atoms with Crippen molar-refractivity contribution >= 4 is 39.1 Å². The highest BCUT2D eigenvalue weighted by Gasteiger charge is 2.19. The van der Waals surface area contributed by atoms with Gasteiger partial charge >= 0.3 is 0 Å². The van der Waals surface area contributed by atoms with E-state index in [1.807, 2.05) is 6.07 Å². The lowest BCUT2D eigenvalue weighted by atomic mass is 9.98. The van der Waals surface area contributed by atoms with E-state index in [0.29, 0.717) is 22.0 Å². The van der Waals surface area contributed by atoms with Crippen LogP contribution in [0.25, 0.3) is 0 Å². The predicted molar refractivity (Wildman–Crippen MR) is 86.0 cm³/mol. The van der Waals surface area contributed by atoms with Crippen molar-refractivity contribution in [3.63, 3.8) is 0 Å². The zero-order chi connectivity index (χ0) is 15.6. The highest BCUT2D eigenvalue weighted by Crippen LogP contribution is 2.31. The zero-order valence-corrected chi connectivity index (χ0v) is 14.2. The van der Waals surface area contributed by atoms with Crippen molar-refractivity contribution in [3.05, 3.63) is 67.6 Å². The summed E-state index contributed by atoms with van der Waals surface area (Å²) in [6.07, 6.45) is 0.524. The number of hydrogen-bond donors (Lipinski definition) is 1. The average Bonchev–Trinajstić information content (AvgIpc) is 2.45. The summed E-state index contributed by atoms with van der Waals surface area (Å²) in [5, 5.41) is 4.18. The standard InChI is InChI=1S/C15H12BrCl2F2N/c1-21-13(6-8-2-3-9(17)7-11(8)18)10-4-5-12(19)15(20)14(10)16/h2-5,7,13,21H,6H2,1H3. The fourth-order valence-electron chi connectivity index (χ4n) is 2.08. The minimum atomic E-state index is -0.894.